The van der Waals surface area contributed by atoms with Gasteiger partial charge in [-0.2, -0.15) is 13.2 Å². The van der Waals surface area contributed by atoms with E-state index in [9.17, 15) is 18.0 Å². The number of para-hydroxylation sites is 1. The zero-order valence-corrected chi connectivity index (χ0v) is 18.2. The van der Waals surface area contributed by atoms with Crippen molar-refractivity contribution >= 4 is 17.3 Å². The van der Waals surface area contributed by atoms with E-state index in [0.717, 1.165) is 27.2 Å². The van der Waals surface area contributed by atoms with Crippen LogP contribution in [0.1, 0.15) is 42.4 Å². The number of ether oxygens (including phenoxy) is 2. The average molecular weight is 473 g/mol. The molecule has 2 aromatic rings. The van der Waals surface area contributed by atoms with E-state index >= 15 is 0 Å². The second kappa shape index (κ2) is 7.96. The lowest BCUT2D eigenvalue weighted by Gasteiger charge is -2.38. The number of hydrogen-bond acceptors (Lipinski definition) is 5. The largest absolute Gasteiger partial charge is 0.493 e. The number of piperidine rings is 1. The quantitative estimate of drug-likeness (QED) is 0.249. The maximum atomic E-state index is 13.2. The van der Waals surface area contributed by atoms with Crippen molar-refractivity contribution in [2.75, 3.05) is 7.11 Å². The van der Waals surface area contributed by atoms with E-state index in [4.69, 9.17) is 20.4 Å². The van der Waals surface area contributed by atoms with Crippen molar-refractivity contribution in [3.63, 3.8) is 0 Å². The van der Waals surface area contributed by atoms with Crippen molar-refractivity contribution in [1.82, 2.24) is 4.90 Å². The standard InChI is InChI=1S/C24H22F3N3O4/c1-33-18-4-2-3-17-20(16-8-5-12(22(28)29-32)11-19(16)34-21(17)18)13-9-14-6-7-15(10-13)30(14)23(31)24(25,26)27/h2-5,8,11,14-15,32H,6-7,9-10H2,1H3,(H2,28,29). The fourth-order valence-electron chi connectivity index (χ4n) is 5.34. The van der Waals surface area contributed by atoms with Gasteiger partial charge in [0.15, 0.2) is 17.3 Å². The van der Waals surface area contributed by atoms with Crippen molar-refractivity contribution in [2.24, 2.45) is 10.9 Å². The first-order valence-corrected chi connectivity index (χ1v) is 10.8. The second-order valence-electron chi connectivity index (χ2n) is 8.62. The summed E-state index contributed by atoms with van der Waals surface area (Å²) in [5.41, 5.74) is 9.56. The lowest BCUT2D eigenvalue weighted by atomic mass is 9.83. The molecule has 2 bridgehead atoms. The third-order valence-electron chi connectivity index (χ3n) is 6.75. The van der Waals surface area contributed by atoms with Crippen LogP contribution >= 0.6 is 0 Å². The number of hydrogen-bond donors (Lipinski definition) is 2. The minimum absolute atomic E-state index is 0.0801. The van der Waals surface area contributed by atoms with Gasteiger partial charge in [0, 0.05) is 28.8 Å². The topological polar surface area (TPSA) is 97.4 Å². The highest BCUT2D eigenvalue weighted by Crippen LogP contribution is 2.52. The molecule has 5 rings (SSSR count). The first-order valence-electron chi connectivity index (χ1n) is 10.8. The Morgan fingerprint density at radius 2 is 1.88 bits per heavy atom. The molecular weight excluding hydrogens is 451 g/mol. The van der Waals surface area contributed by atoms with Crippen molar-refractivity contribution in [3.05, 3.63) is 58.7 Å². The van der Waals surface area contributed by atoms with Gasteiger partial charge < -0.3 is 25.3 Å². The number of nitrogens with zero attached hydrogens (tertiary/aromatic N) is 2. The normalized spacial score (nSPS) is 21.6. The number of oxime groups is 1. The summed E-state index contributed by atoms with van der Waals surface area (Å²) in [5, 5.41) is 12.1. The van der Waals surface area contributed by atoms with Crippen LogP contribution in [0.4, 0.5) is 13.2 Å². The van der Waals surface area contributed by atoms with Gasteiger partial charge >= 0.3 is 12.1 Å². The van der Waals surface area contributed by atoms with Crippen LogP contribution < -0.4 is 15.2 Å². The molecule has 2 unspecified atom stereocenters. The summed E-state index contributed by atoms with van der Waals surface area (Å²) in [6, 6.07) is 9.59. The summed E-state index contributed by atoms with van der Waals surface area (Å²) in [5.74, 6) is -0.393. The Kier molecular flexibility index (Phi) is 5.18. The molecule has 2 atom stereocenters. The Morgan fingerprint density at radius 1 is 1.18 bits per heavy atom. The maximum absolute atomic E-state index is 13.2. The van der Waals surface area contributed by atoms with Crippen molar-refractivity contribution in [3.8, 4) is 17.2 Å². The summed E-state index contributed by atoms with van der Waals surface area (Å²) in [7, 11) is 1.52. The van der Waals surface area contributed by atoms with Gasteiger partial charge in [0.1, 0.15) is 5.75 Å². The summed E-state index contributed by atoms with van der Waals surface area (Å²) < 4.78 is 51.2. The molecule has 3 heterocycles. The highest BCUT2D eigenvalue weighted by atomic mass is 19.4. The minimum atomic E-state index is -4.89. The minimum Gasteiger partial charge on any atom is -0.493 e. The second-order valence-corrected chi connectivity index (χ2v) is 8.62. The molecule has 178 valence electrons. The molecule has 0 spiro atoms. The molecule has 3 aliphatic rings. The Bertz CT molecular complexity index is 1220. The Balaban J connectivity index is 1.65. The molecule has 2 fully saturated rings. The molecule has 0 saturated carbocycles. The van der Waals surface area contributed by atoms with Crippen molar-refractivity contribution in [1.29, 1.82) is 0 Å². The summed E-state index contributed by atoms with van der Waals surface area (Å²) in [6.07, 6.45) is -3.15. The van der Waals surface area contributed by atoms with Crippen LogP contribution in [0.25, 0.3) is 5.57 Å². The van der Waals surface area contributed by atoms with Gasteiger partial charge in [0.05, 0.1) is 7.11 Å². The Hall–Kier alpha value is -3.69. The van der Waals surface area contributed by atoms with E-state index in [1.54, 1.807) is 24.3 Å². The van der Waals surface area contributed by atoms with E-state index in [1.165, 1.54) is 7.11 Å². The number of alkyl halides is 3. The van der Waals surface area contributed by atoms with Gasteiger partial charge in [-0.05, 0) is 49.5 Å². The molecule has 3 N–H and O–H groups in total. The lowest BCUT2D eigenvalue weighted by Crippen LogP contribution is -2.50. The number of amidine groups is 1. The van der Waals surface area contributed by atoms with E-state index in [-0.39, 0.29) is 5.84 Å². The van der Waals surface area contributed by atoms with Gasteiger partial charge in [-0.15, -0.1) is 0 Å². The first kappa shape index (κ1) is 22.1. The Labute approximate surface area is 193 Å². The third-order valence-corrected chi connectivity index (χ3v) is 6.75. The van der Waals surface area contributed by atoms with Crippen molar-refractivity contribution < 1.29 is 32.6 Å². The van der Waals surface area contributed by atoms with Crippen LogP contribution in [-0.2, 0) is 4.79 Å². The van der Waals surface area contributed by atoms with Crippen LogP contribution in [0.3, 0.4) is 0 Å². The number of carbonyl (C=O) groups is 1. The van der Waals surface area contributed by atoms with E-state index in [0.29, 0.717) is 48.5 Å². The molecule has 2 saturated heterocycles. The Morgan fingerprint density at radius 3 is 2.50 bits per heavy atom. The summed E-state index contributed by atoms with van der Waals surface area (Å²) in [6.45, 7) is 0. The number of methoxy groups -OCH3 is 1. The number of fused-ring (bicyclic) bond motifs is 4. The molecule has 1 amide bonds. The molecule has 2 aromatic carbocycles. The van der Waals surface area contributed by atoms with Gasteiger partial charge in [0.25, 0.3) is 0 Å². The fourth-order valence-corrected chi connectivity index (χ4v) is 5.34. The maximum Gasteiger partial charge on any atom is 0.471 e. The van der Waals surface area contributed by atoms with Crippen molar-refractivity contribution in [2.45, 2.75) is 43.9 Å². The monoisotopic (exact) mass is 473 g/mol. The van der Waals surface area contributed by atoms with E-state index in [2.05, 4.69) is 5.16 Å². The smallest absolute Gasteiger partial charge is 0.471 e. The number of carbonyl (C=O) groups excluding carboxylic acids is 1. The van der Waals surface area contributed by atoms with Crippen LogP contribution in [0.15, 0.2) is 47.1 Å². The number of rotatable bonds is 2. The van der Waals surface area contributed by atoms with Crippen LogP contribution in [0.5, 0.6) is 17.2 Å². The number of nitrogens with two attached hydrogens (primary N) is 1. The van der Waals surface area contributed by atoms with Gasteiger partial charge in [-0.3, -0.25) is 4.79 Å². The average Bonchev–Trinajstić information content (AvgIpc) is 3.08. The number of halogens is 3. The molecule has 0 aromatic heterocycles. The van der Waals surface area contributed by atoms with Crippen LogP contribution in [0.2, 0.25) is 0 Å². The fraction of sp³-hybridized carbons (Fsp3) is 0.333. The molecule has 34 heavy (non-hydrogen) atoms. The highest BCUT2D eigenvalue weighted by molar-refractivity contribution is 5.99. The summed E-state index contributed by atoms with van der Waals surface area (Å²) >= 11 is 0. The summed E-state index contributed by atoms with van der Waals surface area (Å²) in [4.78, 5) is 13.1. The molecular formula is C24H22F3N3O4. The first-order chi connectivity index (χ1) is 16.2. The van der Waals surface area contributed by atoms with Gasteiger partial charge in [0.2, 0.25) is 0 Å². The predicted molar refractivity (Wildman–Crippen MR) is 117 cm³/mol. The predicted octanol–water partition coefficient (Wildman–Crippen LogP) is 4.41. The zero-order chi connectivity index (χ0) is 24.2. The number of amides is 1. The van der Waals surface area contributed by atoms with Crippen LogP contribution in [-0.4, -0.2) is 47.2 Å². The zero-order valence-electron chi connectivity index (χ0n) is 18.2. The highest BCUT2D eigenvalue weighted by Gasteiger charge is 2.51. The van der Waals surface area contributed by atoms with Crippen LogP contribution in [0, 0.1) is 0 Å². The third kappa shape index (κ3) is 3.44. The molecule has 3 aliphatic heterocycles. The molecule has 0 aliphatic carbocycles. The molecule has 7 nitrogen and oxygen atoms in total. The number of benzene rings is 2. The van der Waals surface area contributed by atoms with Gasteiger partial charge in [-0.25, -0.2) is 0 Å². The molecule has 10 heteroatoms. The van der Waals surface area contributed by atoms with E-state index in [1.807, 2.05) is 12.1 Å². The SMILES string of the molecule is COc1cccc2c1Oc1cc(C(N)=NO)ccc1C2=C1CC2CCC(C1)N2C(=O)C(F)(F)F. The van der Waals surface area contributed by atoms with E-state index < -0.39 is 24.2 Å². The van der Waals surface area contributed by atoms with Gasteiger partial charge in [-0.1, -0.05) is 28.9 Å². The molecule has 0 radical (unpaired) electrons. The lowest BCUT2D eigenvalue weighted by molar-refractivity contribution is -0.189.